The van der Waals surface area contributed by atoms with Crippen LogP contribution in [0.4, 0.5) is 4.39 Å². The minimum Gasteiger partial charge on any atom is -0.497 e. The van der Waals surface area contributed by atoms with Gasteiger partial charge < -0.3 is 15.2 Å². The molecule has 0 bridgehead atoms. The molecule has 0 saturated heterocycles. The van der Waals surface area contributed by atoms with Crippen molar-refractivity contribution >= 4 is 11.7 Å². The van der Waals surface area contributed by atoms with E-state index in [1.165, 1.54) is 38.3 Å². The Morgan fingerprint density at radius 1 is 1.15 bits per heavy atom. The molecule has 5 nitrogen and oxygen atoms in total. The predicted molar refractivity (Wildman–Crippen MR) is 95.5 cm³/mol. The Hall–Kier alpha value is -2.73. The molecule has 2 N–H and O–H groups in total. The van der Waals surface area contributed by atoms with Crippen LogP contribution in [0.25, 0.3) is 0 Å². The van der Waals surface area contributed by atoms with E-state index in [1.54, 1.807) is 24.3 Å². The molecular weight excluding hydrogens is 337 g/mol. The van der Waals surface area contributed by atoms with Gasteiger partial charge in [-0.05, 0) is 36.8 Å². The third kappa shape index (κ3) is 5.39. The van der Waals surface area contributed by atoms with Crippen molar-refractivity contribution < 1.29 is 23.8 Å². The van der Waals surface area contributed by atoms with E-state index in [2.05, 4.69) is 5.32 Å². The second-order valence-corrected chi connectivity index (χ2v) is 6.21. The molecule has 0 aliphatic heterocycles. The van der Waals surface area contributed by atoms with Gasteiger partial charge in [-0.15, -0.1) is 0 Å². The van der Waals surface area contributed by atoms with Crippen LogP contribution in [0.5, 0.6) is 5.75 Å². The summed E-state index contributed by atoms with van der Waals surface area (Å²) in [6, 6.07) is 12.2. The number of benzene rings is 2. The summed E-state index contributed by atoms with van der Waals surface area (Å²) in [4.78, 5) is 24.1. The van der Waals surface area contributed by atoms with E-state index >= 15 is 0 Å². The van der Waals surface area contributed by atoms with E-state index in [4.69, 9.17) is 4.74 Å². The lowest BCUT2D eigenvalue weighted by atomic mass is 9.96. The first-order chi connectivity index (χ1) is 12.3. The fourth-order valence-electron chi connectivity index (χ4n) is 2.44. The Morgan fingerprint density at radius 3 is 2.50 bits per heavy atom. The highest BCUT2D eigenvalue weighted by atomic mass is 19.1. The number of nitrogens with one attached hydrogen (secondary N) is 1. The smallest absolute Gasteiger partial charge is 0.220 e. The van der Waals surface area contributed by atoms with Crippen molar-refractivity contribution in [3.8, 4) is 5.75 Å². The molecule has 2 aromatic carbocycles. The number of Topliss-reactive ketones (excluding diaryl/α,β-unsaturated/α-hetero) is 1. The number of carbonyl (C=O) groups excluding carboxylic acids is 2. The first-order valence-electron chi connectivity index (χ1n) is 8.24. The van der Waals surface area contributed by atoms with Crippen LogP contribution in [-0.2, 0) is 10.4 Å². The number of amides is 1. The van der Waals surface area contributed by atoms with Crippen molar-refractivity contribution in [3.63, 3.8) is 0 Å². The summed E-state index contributed by atoms with van der Waals surface area (Å²) in [5.41, 5.74) is -0.359. The van der Waals surface area contributed by atoms with Crippen LogP contribution >= 0.6 is 0 Å². The quantitative estimate of drug-likeness (QED) is 0.711. The molecule has 0 aromatic heterocycles. The molecule has 0 heterocycles. The Balaban J connectivity index is 1.84. The Morgan fingerprint density at radius 2 is 1.85 bits per heavy atom. The van der Waals surface area contributed by atoms with Crippen molar-refractivity contribution in [2.75, 3.05) is 13.7 Å². The Bertz CT molecular complexity index is 772. The monoisotopic (exact) mass is 359 g/mol. The van der Waals surface area contributed by atoms with E-state index in [0.29, 0.717) is 16.9 Å². The number of ether oxygens (including phenoxy) is 1. The van der Waals surface area contributed by atoms with Gasteiger partial charge in [-0.1, -0.05) is 24.3 Å². The van der Waals surface area contributed by atoms with Crippen LogP contribution in [0.1, 0.15) is 35.7 Å². The van der Waals surface area contributed by atoms with Crippen LogP contribution in [0, 0.1) is 5.82 Å². The number of halogens is 1. The first-order valence-corrected chi connectivity index (χ1v) is 8.24. The minimum atomic E-state index is -1.33. The van der Waals surface area contributed by atoms with Crippen molar-refractivity contribution in [1.29, 1.82) is 0 Å². The number of aliphatic hydroxyl groups is 1. The van der Waals surface area contributed by atoms with Gasteiger partial charge in [-0.2, -0.15) is 0 Å². The molecule has 0 spiro atoms. The molecule has 0 aliphatic carbocycles. The second kappa shape index (κ2) is 8.58. The molecule has 1 atom stereocenters. The lowest BCUT2D eigenvalue weighted by Crippen LogP contribution is -2.38. The molecule has 0 fully saturated rings. The van der Waals surface area contributed by atoms with E-state index in [0.717, 1.165) is 0 Å². The number of methoxy groups -OCH3 is 1. The lowest BCUT2D eigenvalue weighted by Gasteiger charge is -2.24. The maximum atomic E-state index is 13.0. The molecule has 0 aliphatic rings. The highest BCUT2D eigenvalue weighted by molar-refractivity contribution is 5.98. The van der Waals surface area contributed by atoms with E-state index in [-0.39, 0.29) is 31.1 Å². The largest absolute Gasteiger partial charge is 0.497 e. The maximum absolute atomic E-state index is 13.0. The summed E-state index contributed by atoms with van der Waals surface area (Å²) >= 11 is 0. The van der Waals surface area contributed by atoms with Gasteiger partial charge in [0.1, 0.15) is 17.2 Å². The molecule has 1 unspecified atom stereocenters. The lowest BCUT2D eigenvalue weighted by molar-refractivity contribution is -0.122. The number of ketones is 1. The number of rotatable bonds is 8. The SMILES string of the molecule is COc1cccc(C(=O)CCC(=O)NCC(C)(O)c2ccc(F)cc2)c1. The van der Waals surface area contributed by atoms with E-state index in [1.807, 2.05) is 0 Å². The normalized spacial score (nSPS) is 12.9. The predicted octanol–water partition coefficient (Wildman–Crippen LogP) is 2.82. The summed E-state index contributed by atoms with van der Waals surface area (Å²) in [5, 5.41) is 13.0. The number of carbonyl (C=O) groups is 2. The molecule has 2 aromatic rings. The van der Waals surface area contributed by atoms with Gasteiger partial charge in [-0.3, -0.25) is 9.59 Å². The highest BCUT2D eigenvalue weighted by Crippen LogP contribution is 2.20. The zero-order valence-electron chi connectivity index (χ0n) is 14.8. The second-order valence-electron chi connectivity index (χ2n) is 6.21. The standard InChI is InChI=1S/C20H22FNO4/c1-20(25,15-6-8-16(21)9-7-15)13-22-19(24)11-10-18(23)14-4-3-5-17(12-14)26-2/h3-9,12,25H,10-11,13H2,1-2H3,(H,22,24). The number of hydrogen-bond donors (Lipinski definition) is 2. The summed E-state index contributed by atoms with van der Waals surface area (Å²) in [5.74, 6) is -0.326. The van der Waals surface area contributed by atoms with Gasteiger partial charge in [0.05, 0.1) is 13.7 Å². The van der Waals surface area contributed by atoms with Crippen molar-refractivity contribution in [2.45, 2.75) is 25.4 Å². The third-order valence-electron chi connectivity index (χ3n) is 4.07. The Kier molecular flexibility index (Phi) is 6.46. The third-order valence-corrected chi connectivity index (χ3v) is 4.07. The van der Waals surface area contributed by atoms with Gasteiger partial charge >= 0.3 is 0 Å². The van der Waals surface area contributed by atoms with Crippen molar-refractivity contribution in [2.24, 2.45) is 0 Å². The van der Waals surface area contributed by atoms with Gasteiger partial charge in [0.2, 0.25) is 5.91 Å². The molecule has 6 heteroatoms. The first kappa shape index (κ1) is 19.6. The van der Waals surface area contributed by atoms with Gasteiger partial charge in [0.25, 0.3) is 0 Å². The maximum Gasteiger partial charge on any atom is 0.220 e. The van der Waals surface area contributed by atoms with Crippen molar-refractivity contribution in [3.05, 3.63) is 65.5 Å². The number of hydrogen-bond acceptors (Lipinski definition) is 4. The summed E-state index contributed by atoms with van der Waals surface area (Å²) in [6.07, 6.45) is 0.0627. The Labute approximate surface area is 151 Å². The zero-order valence-corrected chi connectivity index (χ0v) is 14.8. The molecular formula is C20H22FNO4. The average Bonchev–Trinajstić information content (AvgIpc) is 2.65. The minimum absolute atomic E-state index is 0.00947. The molecule has 138 valence electrons. The summed E-state index contributed by atoms with van der Waals surface area (Å²) in [7, 11) is 1.52. The molecule has 1 amide bonds. The van der Waals surface area contributed by atoms with Crippen LogP contribution in [-0.4, -0.2) is 30.5 Å². The zero-order chi connectivity index (χ0) is 19.2. The van der Waals surface area contributed by atoms with Crippen molar-refractivity contribution in [1.82, 2.24) is 5.32 Å². The van der Waals surface area contributed by atoms with E-state index in [9.17, 15) is 19.1 Å². The van der Waals surface area contributed by atoms with Crippen LogP contribution < -0.4 is 10.1 Å². The molecule has 26 heavy (non-hydrogen) atoms. The summed E-state index contributed by atoms with van der Waals surface area (Å²) < 4.78 is 18.0. The topological polar surface area (TPSA) is 75.6 Å². The summed E-state index contributed by atoms with van der Waals surface area (Å²) in [6.45, 7) is 1.49. The van der Waals surface area contributed by atoms with Crippen LogP contribution in [0.3, 0.4) is 0 Å². The highest BCUT2D eigenvalue weighted by Gasteiger charge is 2.24. The molecule has 0 saturated carbocycles. The fourth-order valence-corrected chi connectivity index (χ4v) is 2.44. The van der Waals surface area contributed by atoms with Crippen LogP contribution in [0.2, 0.25) is 0 Å². The molecule has 2 rings (SSSR count). The van der Waals surface area contributed by atoms with Gasteiger partial charge in [0, 0.05) is 18.4 Å². The van der Waals surface area contributed by atoms with Gasteiger partial charge in [0.15, 0.2) is 5.78 Å². The average molecular weight is 359 g/mol. The van der Waals surface area contributed by atoms with Crippen LogP contribution in [0.15, 0.2) is 48.5 Å². The van der Waals surface area contributed by atoms with Gasteiger partial charge in [-0.25, -0.2) is 4.39 Å². The molecule has 0 radical (unpaired) electrons. The van der Waals surface area contributed by atoms with E-state index < -0.39 is 11.4 Å². The fraction of sp³-hybridized carbons (Fsp3) is 0.300.